The van der Waals surface area contributed by atoms with Crippen molar-refractivity contribution in [3.05, 3.63) is 58.4 Å². The van der Waals surface area contributed by atoms with E-state index in [-0.39, 0.29) is 11.1 Å². The number of hydrogen-bond donors (Lipinski definition) is 2. The van der Waals surface area contributed by atoms with E-state index < -0.39 is 5.82 Å². The number of nitrogens with one attached hydrogen (secondary N) is 2. The van der Waals surface area contributed by atoms with Crippen molar-refractivity contribution in [2.75, 3.05) is 11.9 Å². The quantitative estimate of drug-likeness (QED) is 0.741. The van der Waals surface area contributed by atoms with Gasteiger partial charge in [-0.25, -0.2) is 4.39 Å². The zero-order chi connectivity index (χ0) is 17.7. The highest BCUT2D eigenvalue weighted by atomic mass is 35.5. The van der Waals surface area contributed by atoms with Gasteiger partial charge in [0.1, 0.15) is 18.2 Å². The first-order valence-corrected chi connectivity index (χ1v) is 8.37. The molecule has 0 spiro atoms. The van der Waals surface area contributed by atoms with Crippen LogP contribution in [0.25, 0.3) is 0 Å². The van der Waals surface area contributed by atoms with Crippen LogP contribution < -0.4 is 15.4 Å². The zero-order valence-corrected chi connectivity index (χ0v) is 15.4. The molecule has 2 aromatic rings. The van der Waals surface area contributed by atoms with E-state index in [0.717, 1.165) is 16.9 Å². The lowest BCUT2D eigenvalue weighted by Gasteiger charge is -2.19. The lowest BCUT2D eigenvalue weighted by molar-refractivity contribution is 0.283. The van der Waals surface area contributed by atoms with Crippen LogP contribution in [0.15, 0.2) is 36.4 Å². The van der Waals surface area contributed by atoms with Crippen molar-refractivity contribution in [2.24, 2.45) is 0 Å². The van der Waals surface area contributed by atoms with E-state index in [1.54, 1.807) is 6.07 Å². The molecule has 3 nitrogen and oxygen atoms in total. The van der Waals surface area contributed by atoms with Gasteiger partial charge >= 0.3 is 0 Å². The van der Waals surface area contributed by atoms with Gasteiger partial charge in [0.25, 0.3) is 0 Å². The Bertz CT molecular complexity index is 719. The minimum atomic E-state index is -0.462. The van der Waals surface area contributed by atoms with E-state index in [2.05, 4.69) is 10.6 Å². The fourth-order valence-corrected chi connectivity index (χ4v) is 2.74. The van der Waals surface area contributed by atoms with Crippen LogP contribution in [0.4, 0.5) is 10.1 Å². The number of benzene rings is 2. The zero-order valence-electron chi connectivity index (χ0n) is 13.8. The van der Waals surface area contributed by atoms with Gasteiger partial charge in [-0.3, -0.25) is 0 Å². The van der Waals surface area contributed by atoms with Gasteiger partial charge in [-0.05, 0) is 62.3 Å². The van der Waals surface area contributed by atoms with E-state index in [1.165, 1.54) is 12.1 Å². The normalized spacial score (nSPS) is 11.7. The first kappa shape index (κ1) is 18.5. The Morgan fingerprint density at radius 2 is 1.92 bits per heavy atom. The molecule has 0 amide bonds. The van der Waals surface area contributed by atoms with E-state index in [1.807, 2.05) is 39.0 Å². The van der Waals surface area contributed by atoms with Crippen molar-refractivity contribution in [3.8, 4) is 5.75 Å². The number of anilines is 1. The number of aryl methyl sites for hydroxylation is 2. The maximum absolute atomic E-state index is 13.1. The summed E-state index contributed by atoms with van der Waals surface area (Å²) in [6.45, 7) is 6.48. The molecular formula is C18H20ClFN2OS. The molecule has 0 fully saturated rings. The molecule has 2 N–H and O–H groups in total. The van der Waals surface area contributed by atoms with E-state index in [9.17, 15) is 4.39 Å². The molecule has 2 aromatic carbocycles. The highest BCUT2D eigenvalue weighted by Gasteiger charge is 2.09. The SMILES string of the molecule is Cc1cccc(C)c1OCC(C)NC(=S)Nc1ccc(F)c(Cl)c1. The molecule has 0 aliphatic rings. The Labute approximate surface area is 152 Å². The van der Waals surface area contributed by atoms with Crippen LogP contribution in [0.2, 0.25) is 5.02 Å². The van der Waals surface area contributed by atoms with E-state index in [0.29, 0.717) is 17.4 Å². The van der Waals surface area contributed by atoms with Crippen molar-refractivity contribution < 1.29 is 9.13 Å². The Morgan fingerprint density at radius 3 is 2.54 bits per heavy atom. The predicted octanol–water partition coefficient (Wildman–Crippen LogP) is 4.85. The molecule has 0 aliphatic heterocycles. The fraction of sp³-hybridized carbons (Fsp3) is 0.278. The third-order valence-electron chi connectivity index (χ3n) is 3.44. The van der Waals surface area contributed by atoms with Gasteiger partial charge in [-0.1, -0.05) is 29.8 Å². The first-order chi connectivity index (χ1) is 11.4. The largest absolute Gasteiger partial charge is 0.491 e. The minimum absolute atomic E-state index is 0.0000681. The van der Waals surface area contributed by atoms with Gasteiger partial charge in [0.2, 0.25) is 0 Å². The third kappa shape index (κ3) is 5.08. The number of ether oxygens (including phenoxy) is 1. The molecule has 1 atom stereocenters. The Kier molecular flexibility index (Phi) is 6.40. The lowest BCUT2D eigenvalue weighted by Crippen LogP contribution is -2.39. The molecule has 0 aliphatic carbocycles. The monoisotopic (exact) mass is 366 g/mol. The maximum atomic E-state index is 13.1. The standard InChI is InChI=1S/C18H20ClFN2OS/c1-11-5-4-6-12(2)17(11)23-10-13(3)21-18(24)22-14-7-8-16(20)15(19)9-14/h4-9,13H,10H2,1-3H3,(H2,21,22,24). The van der Waals surface area contributed by atoms with Crippen LogP contribution in [-0.2, 0) is 0 Å². The third-order valence-corrected chi connectivity index (χ3v) is 3.95. The average Bonchev–Trinajstić information content (AvgIpc) is 2.50. The highest BCUT2D eigenvalue weighted by molar-refractivity contribution is 7.80. The minimum Gasteiger partial charge on any atom is -0.491 e. The van der Waals surface area contributed by atoms with Crippen LogP contribution in [0.1, 0.15) is 18.1 Å². The summed E-state index contributed by atoms with van der Waals surface area (Å²) in [4.78, 5) is 0. The first-order valence-electron chi connectivity index (χ1n) is 7.58. The maximum Gasteiger partial charge on any atom is 0.171 e. The van der Waals surface area contributed by atoms with E-state index in [4.69, 9.17) is 28.6 Å². The van der Waals surface area contributed by atoms with Gasteiger partial charge < -0.3 is 15.4 Å². The molecule has 24 heavy (non-hydrogen) atoms. The molecular weight excluding hydrogens is 347 g/mol. The topological polar surface area (TPSA) is 33.3 Å². The fourth-order valence-electron chi connectivity index (χ4n) is 2.24. The summed E-state index contributed by atoms with van der Waals surface area (Å²) in [6, 6.07) is 10.4. The van der Waals surface area contributed by atoms with Crippen molar-refractivity contribution in [1.29, 1.82) is 0 Å². The predicted molar refractivity (Wildman–Crippen MR) is 102 cm³/mol. The molecule has 1 unspecified atom stereocenters. The second-order valence-corrected chi connectivity index (χ2v) is 6.48. The van der Waals surface area contributed by atoms with Crippen LogP contribution in [-0.4, -0.2) is 17.8 Å². The van der Waals surface area contributed by atoms with Crippen molar-refractivity contribution in [1.82, 2.24) is 5.32 Å². The Hall–Kier alpha value is -1.85. The van der Waals surface area contributed by atoms with Crippen LogP contribution in [0, 0.1) is 19.7 Å². The molecule has 0 heterocycles. The Morgan fingerprint density at radius 1 is 1.25 bits per heavy atom. The average molecular weight is 367 g/mol. The molecule has 128 valence electrons. The second-order valence-electron chi connectivity index (χ2n) is 5.66. The molecule has 0 saturated heterocycles. The number of thiocarbonyl (C=S) groups is 1. The molecule has 0 aromatic heterocycles. The van der Waals surface area contributed by atoms with Crippen molar-refractivity contribution >= 4 is 34.6 Å². The van der Waals surface area contributed by atoms with Gasteiger partial charge in [-0.2, -0.15) is 0 Å². The lowest BCUT2D eigenvalue weighted by atomic mass is 10.1. The summed E-state index contributed by atoms with van der Waals surface area (Å²) in [5.74, 6) is 0.437. The number of halogens is 2. The highest BCUT2D eigenvalue weighted by Crippen LogP contribution is 2.22. The molecule has 0 bridgehead atoms. The summed E-state index contributed by atoms with van der Waals surface area (Å²) in [5.41, 5.74) is 2.83. The summed E-state index contributed by atoms with van der Waals surface area (Å²) in [6.07, 6.45) is 0. The summed E-state index contributed by atoms with van der Waals surface area (Å²) in [7, 11) is 0. The summed E-state index contributed by atoms with van der Waals surface area (Å²) >= 11 is 11.0. The smallest absolute Gasteiger partial charge is 0.171 e. The van der Waals surface area contributed by atoms with Crippen molar-refractivity contribution in [3.63, 3.8) is 0 Å². The molecule has 6 heteroatoms. The van der Waals surface area contributed by atoms with Gasteiger partial charge in [0, 0.05) is 5.69 Å². The van der Waals surface area contributed by atoms with Crippen LogP contribution >= 0.6 is 23.8 Å². The number of para-hydroxylation sites is 1. The van der Waals surface area contributed by atoms with Crippen LogP contribution in [0.5, 0.6) is 5.75 Å². The van der Waals surface area contributed by atoms with E-state index >= 15 is 0 Å². The number of rotatable bonds is 5. The Balaban J connectivity index is 1.86. The molecule has 0 saturated carbocycles. The van der Waals surface area contributed by atoms with Crippen molar-refractivity contribution in [2.45, 2.75) is 26.8 Å². The number of hydrogen-bond acceptors (Lipinski definition) is 2. The van der Waals surface area contributed by atoms with Gasteiger partial charge in [0.15, 0.2) is 5.11 Å². The summed E-state index contributed by atoms with van der Waals surface area (Å²) < 4.78 is 19.0. The van der Waals surface area contributed by atoms with Gasteiger partial charge in [-0.15, -0.1) is 0 Å². The van der Waals surface area contributed by atoms with Crippen LogP contribution in [0.3, 0.4) is 0 Å². The second kappa shape index (κ2) is 8.31. The summed E-state index contributed by atoms with van der Waals surface area (Å²) in [5, 5.41) is 6.58. The van der Waals surface area contributed by atoms with Gasteiger partial charge in [0.05, 0.1) is 11.1 Å². The molecule has 0 radical (unpaired) electrons. The molecule has 2 rings (SSSR count).